The van der Waals surface area contributed by atoms with Crippen molar-refractivity contribution in [3.05, 3.63) is 68.0 Å². The topological polar surface area (TPSA) is 94.1 Å². The van der Waals surface area contributed by atoms with Crippen LogP contribution in [0.25, 0.3) is 11.0 Å². The van der Waals surface area contributed by atoms with Gasteiger partial charge in [0.25, 0.3) is 5.56 Å². The maximum atomic E-state index is 12.9. The van der Waals surface area contributed by atoms with Gasteiger partial charge in [-0.3, -0.25) is 19.1 Å². The highest BCUT2D eigenvalue weighted by Gasteiger charge is 2.30. The molecule has 7 nitrogen and oxygen atoms in total. The van der Waals surface area contributed by atoms with E-state index in [4.69, 9.17) is 4.74 Å². The van der Waals surface area contributed by atoms with Gasteiger partial charge in [0.05, 0.1) is 12.5 Å². The zero-order valence-electron chi connectivity index (χ0n) is 17.4. The number of H-pyrrole nitrogens is 1. The van der Waals surface area contributed by atoms with Crippen molar-refractivity contribution >= 4 is 16.8 Å². The van der Waals surface area contributed by atoms with Crippen LogP contribution in [0.5, 0.6) is 5.75 Å². The molecular weight excluding hydrogens is 382 g/mol. The summed E-state index contributed by atoms with van der Waals surface area (Å²) < 4.78 is 6.73. The van der Waals surface area contributed by atoms with Gasteiger partial charge >= 0.3 is 5.69 Å². The number of aryl methyl sites for hydroxylation is 1. The Bertz CT molecular complexity index is 1220. The van der Waals surface area contributed by atoms with E-state index in [0.717, 1.165) is 17.7 Å². The third kappa shape index (κ3) is 3.56. The molecule has 1 N–H and O–H groups in total. The minimum atomic E-state index is -0.483. The number of Topliss-reactive ketones (excluding diaryl/α,β-unsaturated/α-hetero) is 1. The molecule has 0 fully saturated rings. The average molecular weight is 407 g/mol. The number of ether oxygens (including phenoxy) is 1. The fourth-order valence-corrected chi connectivity index (χ4v) is 4.12. The van der Waals surface area contributed by atoms with Crippen LogP contribution in [0.2, 0.25) is 0 Å². The van der Waals surface area contributed by atoms with Gasteiger partial charge in [0.1, 0.15) is 11.4 Å². The lowest BCUT2D eigenvalue weighted by atomic mass is 9.79. The Balaban J connectivity index is 1.84. The van der Waals surface area contributed by atoms with Gasteiger partial charge in [-0.15, -0.1) is 0 Å². The minimum absolute atomic E-state index is 0.0363. The summed E-state index contributed by atoms with van der Waals surface area (Å²) >= 11 is 0. The second kappa shape index (κ2) is 7.89. The molecule has 0 bridgehead atoms. The van der Waals surface area contributed by atoms with E-state index in [-0.39, 0.29) is 11.7 Å². The SMILES string of the molecule is COc1ccc(C2CC(=O)c3cnc4c(c3C2)c(=O)[nH]c(=O)n4CCC(C)C)cc1. The predicted octanol–water partition coefficient (Wildman–Crippen LogP) is 3.05. The summed E-state index contributed by atoms with van der Waals surface area (Å²) in [6.45, 7) is 4.62. The van der Waals surface area contributed by atoms with Crippen LogP contribution in [-0.4, -0.2) is 27.4 Å². The van der Waals surface area contributed by atoms with Crippen LogP contribution in [0, 0.1) is 5.92 Å². The molecule has 0 saturated carbocycles. The molecule has 1 aromatic carbocycles. The van der Waals surface area contributed by atoms with Gasteiger partial charge in [0, 0.05) is 24.7 Å². The molecule has 3 aromatic rings. The first kappa shape index (κ1) is 20.1. The maximum Gasteiger partial charge on any atom is 0.329 e. The van der Waals surface area contributed by atoms with Gasteiger partial charge in [0.2, 0.25) is 0 Å². The number of fused-ring (bicyclic) bond motifs is 3. The van der Waals surface area contributed by atoms with Gasteiger partial charge in [-0.25, -0.2) is 9.78 Å². The second-order valence-corrected chi connectivity index (χ2v) is 8.24. The number of nitrogens with one attached hydrogen (secondary N) is 1. The normalized spacial score (nSPS) is 16.1. The number of pyridine rings is 1. The summed E-state index contributed by atoms with van der Waals surface area (Å²) in [7, 11) is 1.61. The zero-order chi connectivity index (χ0) is 21.4. The summed E-state index contributed by atoms with van der Waals surface area (Å²) in [5, 5.41) is 0.349. The van der Waals surface area contributed by atoms with Crippen molar-refractivity contribution in [2.24, 2.45) is 5.92 Å². The van der Waals surface area contributed by atoms with E-state index in [9.17, 15) is 14.4 Å². The van der Waals surface area contributed by atoms with Crippen LogP contribution in [0.15, 0.2) is 40.1 Å². The van der Waals surface area contributed by atoms with E-state index in [1.165, 1.54) is 10.8 Å². The number of methoxy groups -OCH3 is 1. The fraction of sp³-hybridized carbons (Fsp3) is 0.391. The van der Waals surface area contributed by atoms with Gasteiger partial charge in [-0.05, 0) is 47.9 Å². The lowest BCUT2D eigenvalue weighted by Crippen LogP contribution is -2.33. The van der Waals surface area contributed by atoms with E-state index in [0.29, 0.717) is 47.5 Å². The quantitative estimate of drug-likeness (QED) is 0.702. The van der Waals surface area contributed by atoms with Gasteiger partial charge in [0.15, 0.2) is 5.78 Å². The maximum absolute atomic E-state index is 12.9. The molecule has 0 saturated heterocycles. The van der Waals surface area contributed by atoms with Crippen molar-refractivity contribution in [1.82, 2.24) is 14.5 Å². The molecule has 1 atom stereocenters. The van der Waals surface area contributed by atoms with Gasteiger partial charge in [-0.1, -0.05) is 26.0 Å². The zero-order valence-corrected chi connectivity index (χ0v) is 17.4. The first-order valence-electron chi connectivity index (χ1n) is 10.2. The highest BCUT2D eigenvalue weighted by Crippen LogP contribution is 2.35. The molecule has 7 heteroatoms. The molecule has 2 heterocycles. The number of carbonyl (C=O) groups is 1. The summed E-state index contributed by atoms with van der Waals surface area (Å²) in [6.07, 6.45) is 3.21. The molecule has 1 aliphatic carbocycles. The van der Waals surface area contributed by atoms with Crippen molar-refractivity contribution in [1.29, 1.82) is 0 Å². The van der Waals surface area contributed by atoms with Crippen LogP contribution < -0.4 is 16.0 Å². The Morgan fingerprint density at radius 2 is 1.90 bits per heavy atom. The number of nitrogens with zero attached hydrogens (tertiary/aromatic N) is 2. The third-order valence-electron chi connectivity index (χ3n) is 5.81. The molecule has 1 unspecified atom stereocenters. The van der Waals surface area contributed by atoms with E-state index >= 15 is 0 Å². The van der Waals surface area contributed by atoms with Gasteiger partial charge in [-0.2, -0.15) is 0 Å². The van der Waals surface area contributed by atoms with Crippen molar-refractivity contribution < 1.29 is 9.53 Å². The molecule has 156 valence electrons. The Labute approximate surface area is 173 Å². The molecule has 1 aliphatic rings. The Hall–Kier alpha value is -3.22. The molecule has 0 radical (unpaired) electrons. The molecule has 0 spiro atoms. The fourth-order valence-electron chi connectivity index (χ4n) is 4.12. The van der Waals surface area contributed by atoms with Crippen LogP contribution in [0.4, 0.5) is 0 Å². The number of ketones is 1. The van der Waals surface area contributed by atoms with E-state index in [1.54, 1.807) is 7.11 Å². The largest absolute Gasteiger partial charge is 0.497 e. The number of rotatable bonds is 5. The van der Waals surface area contributed by atoms with Crippen molar-refractivity contribution in [3.63, 3.8) is 0 Å². The number of benzene rings is 1. The first-order valence-corrected chi connectivity index (χ1v) is 10.2. The third-order valence-corrected chi connectivity index (χ3v) is 5.81. The molecule has 4 rings (SSSR count). The number of carbonyl (C=O) groups excluding carboxylic acids is 1. The summed E-state index contributed by atoms with van der Waals surface area (Å²) in [4.78, 5) is 44.9. The number of hydrogen-bond acceptors (Lipinski definition) is 5. The van der Waals surface area contributed by atoms with Crippen LogP contribution in [-0.2, 0) is 13.0 Å². The first-order chi connectivity index (χ1) is 14.4. The number of hydrogen-bond donors (Lipinski definition) is 1. The summed E-state index contributed by atoms with van der Waals surface area (Å²) in [6, 6.07) is 7.65. The lowest BCUT2D eigenvalue weighted by Gasteiger charge is -2.25. The van der Waals surface area contributed by atoms with Crippen LogP contribution >= 0.6 is 0 Å². The van der Waals surface area contributed by atoms with Crippen molar-refractivity contribution in [2.45, 2.75) is 45.6 Å². The molecule has 2 aromatic heterocycles. The Kier molecular flexibility index (Phi) is 5.28. The van der Waals surface area contributed by atoms with E-state index in [1.807, 2.05) is 24.3 Å². The predicted molar refractivity (Wildman–Crippen MR) is 114 cm³/mol. The monoisotopic (exact) mass is 407 g/mol. The average Bonchev–Trinajstić information content (AvgIpc) is 2.72. The van der Waals surface area contributed by atoms with Crippen LogP contribution in [0.1, 0.15) is 54.1 Å². The van der Waals surface area contributed by atoms with E-state index < -0.39 is 11.2 Å². The highest BCUT2D eigenvalue weighted by atomic mass is 16.5. The minimum Gasteiger partial charge on any atom is -0.497 e. The smallest absolute Gasteiger partial charge is 0.329 e. The Morgan fingerprint density at radius 1 is 1.17 bits per heavy atom. The van der Waals surface area contributed by atoms with Crippen molar-refractivity contribution in [3.8, 4) is 5.75 Å². The summed E-state index contributed by atoms with van der Waals surface area (Å²) in [5.41, 5.74) is 1.58. The second-order valence-electron chi connectivity index (χ2n) is 8.24. The summed E-state index contributed by atoms with van der Waals surface area (Å²) in [5.74, 6) is 1.07. The number of aromatic nitrogens is 3. The standard InChI is InChI=1S/C23H25N3O4/c1-13(2)8-9-26-21-20(22(28)25-23(26)29)17-10-15(11-19(27)18(17)12-24-21)14-4-6-16(30-3)7-5-14/h4-7,12-13,15H,8-11H2,1-3H3,(H,25,28,29). The lowest BCUT2D eigenvalue weighted by molar-refractivity contribution is 0.0964. The molecule has 30 heavy (non-hydrogen) atoms. The van der Waals surface area contributed by atoms with Crippen LogP contribution in [0.3, 0.4) is 0 Å². The van der Waals surface area contributed by atoms with Gasteiger partial charge < -0.3 is 4.74 Å². The van der Waals surface area contributed by atoms with E-state index in [2.05, 4.69) is 23.8 Å². The highest BCUT2D eigenvalue weighted by molar-refractivity contribution is 6.02. The molecular formula is C23H25N3O4. The molecule has 0 amide bonds. The molecule has 0 aliphatic heterocycles. The number of aromatic amines is 1. The Morgan fingerprint density at radius 3 is 2.57 bits per heavy atom. The van der Waals surface area contributed by atoms with Crippen molar-refractivity contribution in [2.75, 3.05) is 7.11 Å².